The predicted octanol–water partition coefficient (Wildman–Crippen LogP) is 1.70. The van der Waals surface area contributed by atoms with Gasteiger partial charge < -0.3 is 10.0 Å². The molecule has 3 rings (SSSR count). The maximum absolute atomic E-state index is 11.6. The van der Waals surface area contributed by atoms with Crippen LogP contribution in [0.3, 0.4) is 0 Å². The number of aliphatic hydroxyl groups is 1. The van der Waals surface area contributed by atoms with Crippen LogP contribution in [0.25, 0.3) is 0 Å². The molecule has 1 aliphatic heterocycles. The fourth-order valence-corrected chi connectivity index (χ4v) is 3.76. The molecule has 2 N–H and O–H groups in total. The van der Waals surface area contributed by atoms with Crippen molar-refractivity contribution in [1.29, 1.82) is 0 Å². The Morgan fingerprint density at radius 3 is 2.30 bits per heavy atom. The van der Waals surface area contributed by atoms with E-state index in [1.165, 1.54) is 5.69 Å². The van der Waals surface area contributed by atoms with Crippen LogP contribution in [0.2, 0.25) is 0 Å². The normalized spacial score (nSPS) is 16.9. The third-order valence-corrected chi connectivity index (χ3v) is 6.09. The molecule has 2 aromatic rings. The van der Waals surface area contributed by atoms with E-state index in [1.807, 2.05) is 12.1 Å². The molecule has 0 radical (unpaired) electrons. The van der Waals surface area contributed by atoms with Crippen LogP contribution in [0.1, 0.15) is 18.6 Å². The summed E-state index contributed by atoms with van der Waals surface area (Å²) in [6.45, 7) is 5.74. The molecule has 1 aliphatic rings. The van der Waals surface area contributed by atoms with Crippen LogP contribution in [-0.2, 0) is 10.0 Å². The van der Waals surface area contributed by atoms with Crippen LogP contribution >= 0.6 is 0 Å². The zero-order chi connectivity index (χ0) is 19.3. The second-order valence-electron chi connectivity index (χ2n) is 6.64. The lowest BCUT2D eigenvalue weighted by atomic mass is 10.1. The number of pyridine rings is 1. The smallest absolute Gasteiger partial charge is 0.232 e. The summed E-state index contributed by atoms with van der Waals surface area (Å²) in [6.07, 6.45) is 3.00. The van der Waals surface area contributed by atoms with Gasteiger partial charge in [-0.1, -0.05) is 12.1 Å². The van der Waals surface area contributed by atoms with Crippen LogP contribution in [0, 0.1) is 0 Å². The average Bonchev–Trinajstić information content (AvgIpc) is 2.69. The Balaban J connectivity index is 1.51. The molecule has 8 heteroatoms. The van der Waals surface area contributed by atoms with Gasteiger partial charge in [-0.05, 0) is 36.8 Å². The molecule has 1 fully saturated rings. The zero-order valence-corrected chi connectivity index (χ0v) is 16.3. The zero-order valence-electron chi connectivity index (χ0n) is 15.5. The first-order chi connectivity index (χ1) is 13.0. The van der Waals surface area contributed by atoms with Crippen molar-refractivity contribution in [1.82, 2.24) is 9.88 Å². The minimum Gasteiger partial charge on any atom is -0.387 e. The summed E-state index contributed by atoms with van der Waals surface area (Å²) in [5.41, 5.74) is 2.47. The molecule has 146 valence electrons. The lowest BCUT2D eigenvalue weighted by molar-refractivity contribution is 0.109. The molecule has 2 heterocycles. The monoisotopic (exact) mass is 390 g/mol. The molecular weight excluding hydrogens is 364 g/mol. The van der Waals surface area contributed by atoms with Crippen molar-refractivity contribution in [2.45, 2.75) is 13.0 Å². The fraction of sp³-hybridized carbons (Fsp3) is 0.421. The second-order valence-corrected chi connectivity index (χ2v) is 8.65. The first-order valence-electron chi connectivity index (χ1n) is 9.12. The molecular formula is C19H26N4O3S. The van der Waals surface area contributed by atoms with Crippen molar-refractivity contribution in [3.63, 3.8) is 0 Å². The Labute approximate surface area is 160 Å². The van der Waals surface area contributed by atoms with Gasteiger partial charge in [-0.2, -0.15) is 0 Å². The maximum atomic E-state index is 11.6. The van der Waals surface area contributed by atoms with Gasteiger partial charge in [-0.3, -0.25) is 14.6 Å². The lowest BCUT2D eigenvalue weighted by Gasteiger charge is -2.36. The number of piperazine rings is 1. The van der Waals surface area contributed by atoms with Crippen molar-refractivity contribution in [3.8, 4) is 0 Å². The Bertz CT molecular complexity index is 820. The molecule has 1 unspecified atom stereocenters. The first-order valence-corrected chi connectivity index (χ1v) is 10.8. The number of sulfonamides is 1. The topological polar surface area (TPSA) is 85.8 Å². The van der Waals surface area contributed by atoms with Crippen LogP contribution in [0.15, 0.2) is 48.8 Å². The standard InChI is InChI=1S/C19H26N4O3S/c1-2-27(25,26)21-17-5-3-16(4-6-17)19(24)15-22-11-13-23(14-12-22)18-7-9-20-10-8-18/h3-10,19,21,24H,2,11-15H2,1H3. The van der Waals surface area contributed by atoms with Crippen molar-refractivity contribution >= 4 is 21.4 Å². The van der Waals surface area contributed by atoms with Gasteiger partial charge >= 0.3 is 0 Å². The SMILES string of the molecule is CCS(=O)(=O)Nc1ccc(C(O)CN2CCN(c3ccncc3)CC2)cc1. The summed E-state index contributed by atoms with van der Waals surface area (Å²) in [5.74, 6) is 0.0306. The van der Waals surface area contributed by atoms with E-state index >= 15 is 0 Å². The number of rotatable bonds is 7. The van der Waals surface area contributed by atoms with Gasteiger partial charge in [-0.15, -0.1) is 0 Å². The van der Waals surface area contributed by atoms with Gasteiger partial charge in [0, 0.05) is 56.5 Å². The van der Waals surface area contributed by atoms with E-state index in [2.05, 4.69) is 19.5 Å². The minimum absolute atomic E-state index is 0.0306. The van der Waals surface area contributed by atoms with E-state index in [-0.39, 0.29) is 5.75 Å². The molecule has 1 saturated heterocycles. The summed E-state index contributed by atoms with van der Waals surface area (Å²) < 4.78 is 25.7. The number of benzene rings is 1. The number of hydrogen-bond acceptors (Lipinski definition) is 6. The van der Waals surface area contributed by atoms with Gasteiger partial charge in [0.2, 0.25) is 10.0 Å². The highest BCUT2D eigenvalue weighted by Crippen LogP contribution is 2.20. The van der Waals surface area contributed by atoms with Gasteiger partial charge in [-0.25, -0.2) is 8.42 Å². The van der Waals surface area contributed by atoms with Crippen molar-refractivity contribution in [2.24, 2.45) is 0 Å². The molecule has 1 atom stereocenters. The van der Waals surface area contributed by atoms with E-state index in [0.29, 0.717) is 12.2 Å². The predicted molar refractivity (Wildman–Crippen MR) is 107 cm³/mol. The Morgan fingerprint density at radius 2 is 1.70 bits per heavy atom. The van der Waals surface area contributed by atoms with Crippen molar-refractivity contribution < 1.29 is 13.5 Å². The summed E-state index contributed by atoms with van der Waals surface area (Å²) in [4.78, 5) is 8.62. The minimum atomic E-state index is -3.29. The highest BCUT2D eigenvalue weighted by molar-refractivity contribution is 7.92. The van der Waals surface area contributed by atoms with Gasteiger partial charge in [0.15, 0.2) is 0 Å². The quantitative estimate of drug-likeness (QED) is 0.748. The van der Waals surface area contributed by atoms with Crippen molar-refractivity contribution in [3.05, 3.63) is 54.4 Å². The lowest BCUT2D eigenvalue weighted by Crippen LogP contribution is -2.47. The number of nitrogens with one attached hydrogen (secondary N) is 1. The number of aromatic nitrogens is 1. The molecule has 0 aliphatic carbocycles. The number of β-amino-alcohol motifs (C(OH)–C–C–N with tert-alkyl or cyclic N) is 1. The summed E-state index contributed by atoms with van der Waals surface area (Å²) >= 11 is 0. The summed E-state index contributed by atoms with van der Waals surface area (Å²) in [5, 5.41) is 10.5. The van der Waals surface area contributed by atoms with Gasteiger partial charge in [0.1, 0.15) is 0 Å². The largest absolute Gasteiger partial charge is 0.387 e. The molecule has 0 saturated carbocycles. The molecule has 0 bridgehead atoms. The van der Waals surface area contributed by atoms with E-state index in [9.17, 15) is 13.5 Å². The van der Waals surface area contributed by atoms with Crippen LogP contribution < -0.4 is 9.62 Å². The highest BCUT2D eigenvalue weighted by atomic mass is 32.2. The average molecular weight is 391 g/mol. The second kappa shape index (κ2) is 8.69. The third kappa shape index (κ3) is 5.41. The number of hydrogen-bond donors (Lipinski definition) is 2. The molecule has 0 amide bonds. The van der Waals surface area contributed by atoms with Crippen LogP contribution in [0.5, 0.6) is 0 Å². The first kappa shape index (κ1) is 19.6. The molecule has 27 heavy (non-hydrogen) atoms. The van der Waals surface area contributed by atoms with Gasteiger partial charge in [0.05, 0.1) is 11.9 Å². The summed E-state index contributed by atoms with van der Waals surface area (Å²) in [7, 11) is -3.29. The highest BCUT2D eigenvalue weighted by Gasteiger charge is 2.20. The van der Waals surface area contributed by atoms with Gasteiger partial charge in [0.25, 0.3) is 0 Å². The number of anilines is 2. The maximum Gasteiger partial charge on any atom is 0.232 e. The van der Waals surface area contributed by atoms with E-state index < -0.39 is 16.1 Å². The third-order valence-electron chi connectivity index (χ3n) is 4.78. The molecule has 1 aromatic heterocycles. The van der Waals surface area contributed by atoms with E-state index in [1.54, 1.807) is 43.6 Å². The van der Waals surface area contributed by atoms with E-state index in [0.717, 1.165) is 31.7 Å². The van der Waals surface area contributed by atoms with Crippen LogP contribution in [-0.4, -0.2) is 61.9 Å². The Morgan fingerprint density at radius 1 is 1.07 bits per heavy atom. The molecule has 7 nitrogen and oxygen atoms in total. The summed E-state index contributed by atoms with van der Waals surface area (Å²) in [6, 6.07) is 10.9. The number of nitrogens with zero attached hydrogens (tertiary/aromatic N) is 3. The Kier molecular flexibility index (Phi) is 6.30. The van der Waals surface area contributed by atoms with Crippen molar-refractivity contribution in [2.75, 3.05) is 48.1 Å². The fourth-order valence-electron chi connectivity index (χ4n) is 3.12. The van der Waals surface area contributed by atoms with Crippen LogP contribution in [0.4, 0.5) is 11.4 Å². The Hall–Kier alpha value is -2.16. The van der Waals surface area contributed by atoms with E-state index in [4.69, 9.17) is 0 Å². The molecule has 0 spiro atoms. The molecule has 1 aromatic carbocycles. The number of aliphatic hydroxyl groups excluding tert-OH is 1.